The highest BCUT2D eigenvalue weighted by Gasteiger charge is 2.30. The number of esters is 1. The standard InChI is InChI=1S/C55H67N13O16/c1-5-83-45(72)23-59-51(78)41(62-44(71)29-68-26-33(4)48(75)65-54(68)81)18-11-21-57-49(76)39(60-42(69)27-66-24-31(2)46(73)63-52(66)79)17-10-20-56-50(77)40(61-43(70)28-67-25-32(3)47(74)64-53(67)80)19-12-22-58-55(82)84-30-38-36-15-8-6-13-34(36)35-14-7-9-16-37(35)38/h6-9,13-16,24-26,38-41H,5,10-12,17-23,27-30H2,1-4H3,(H,56,77)(H,57,76)(H,58,82)(H,59,78)(H,60,69)(H,61,70)(H,62,71)(H,63,73,79)(H,64,74,80)(H,65,75,81)/t39-,40-,41-/m1/s1. The van der Waals surface area contributed by atoms with Crippen LogP contribution in [0.3, 0.4) is 0 Å². The Morgan fingerprint density at radius 1 is 0.500 bits per heavy atom. The molecule has 0 radical (unpaired) electrons. The molecule has 3 heterocycles. The second kappa shape index (κ2) is 30.2. The van der Waals surface area contributed by atoms with E-state index < -0.39 is 126 Å². The summed E-state index contributed by atoms with van der Waals surface area (Å²) >= 11 is 0. The summed E-state index contributed by atoms with van der Waals surface area (Å²) in [6, 6.07) is 11.8. The third-order valence-electron chi connectivity index (χ3n) is 13.4. The molecule has 448 valence electrons. The molecule has 2 aromatic carbocycles. The zero-order valence-electron chi connectivity index (χ0n) is 46.6. The second-order valence-corrected chi connectivity index (χ2v) is 19.7. The van der Waals surface area contributed by atoms with Crippen LogP contribution in [0.25, 0.3) is 11.1 Å². The first-order chi connectivity index (χ1) is 40.1. The van der Waals surface area contributed by atoms with Gasteiger partial charge in [-0.3, -0.25) is 76.6 Å². The van der Waals surface area contributed by atoms with Crippen molar-refractivity contribution in [2.24, 2.45) is 0 Å². The lowest BCUT2D eigenvalue weighted by molar-refractivity contribution is -0.143. The van der Waals surface area contributed by atoms with Crippen LogP contribution in [0, 0.1) is 20.8 Å². The zero-order valence-corrected chi connectivity index (χ0v) is 46.6. The zero-order chi connectivity index (χ0) is 61.0. The number of nitrogens with zero attached hydrogens (tertiary/aromatic N) is 3. The Balaban J connectivity index is 1.08. The first-order valence-corrected chi connectivity index (χ1v) is 27.0. The summed E-state index contributed by atoms with van der Waals surface area (Å²) in [5.74, 6) is -5.60. The van der Waals surface area contributed by atoms with Crippen molar-refractivity contribution in [1.82, 2.24) is 65.9 Å². The molecule has 7 amide bonds. The molecule has 6 rings (SSSR count). The highest BCUT2D eigenvalue weighted by Crippen LogP contribution is 2.44. The van der Waals surface area contributed by atoms with Gasteiger partial charge in [0.2, 0.25) is 35.4 Å². The van der Waals surface area contributed by atoms with E-state index in [1.54, 1.807) is 6.92 Å². The molecule has 3 aromatic heterocycles. The number of hydrogen-bond donors (Lipinski definition) is 10. The van der Waals surface area contributed by atoms with Gasteiger partial charge in [0.1, 0.15) is 50.9 Å². The van der Waals surface area contributed by atoms with Gasteiger partial charge in [0.15, 0.2) is 0 Å². The Bertz CT molecular complexity index is 3590. The third kappa shape index (κ3) is 18.0. The Kier molecular flexibility index (Phi) is 22.7. The molecule has 0 bridgehead atoms. The van der Waals surface area contributed by atoms with E-state index in [-0.39, 0.29) is 94.0 Å². The number of carbonyl (C=O) groups is 8. The number of carbonyl (C=O) groups excluding carboxylic acids is 8. The van der Waals surface area contributed by atoms with E-state index in [2.05, 4.69) is 52.2 Å². The van der Waals surface area contributed by atoms with Gasteiger partial charge in [-0.05, 0) is 88.5 Å². The number of aromatic amines is 3. The lowest BCUT2D eigenvalue weighted by atomic mass is 9.98. The maximum Gasteiger partial charge on any atom is 0.407 e. The molecule has 10 N–H and O–H groups in total. The average Bonchev–Trinajstić information content (AvgIpc) is 3.46. The van der Waals surface area contributed by atoms with Gasteiger partial charge in [0.25, 0.3) is 16.7 Å². The summed E-state index contributed by atoms with van der Waals surface area (Å²) in [6.45, 7) is 3.34. The van der Waals surface area contributed by atoms with Gasteiger partial charge in [0, 0.05) is 60.8 Å². The van der Waals surface area contributed by atoms with Crippen molar-refractivity contribution in [3.63, 3.8) is 0 Å². The van der Waals surface area contributed by atoms with Crippen molar-refractivity contribution in [1.29, 1.82) is 0 Å². The van der Waals surface area contributed by atoms with Crippen molar-refractivity contribution in [3.8, 4) is 11.1 Å². The lowest BCUT2D eigenvalue weighted by Gasteiger charge is -2.21. The van der Waals surface area contributed by atoms with E-state index in [4.69, 9.17) is 9.47 Å². The first kappa shape index (κ1) is 63.2. The van der Waals surface area contributed by atoms with Crippen molar-refractivity contribution in [2.45, 2.75) is 110 Å². The Morgan fingerprint density at radius 2 is 0.857 bits per heavy atom. The van der Waals surface area contributed by atoms with Gasteiger partial charge in [0.05, 0.1) is 6.61 Å². The van der Waals surface area contributed by atoms with Crippen LogP contribution in [0.1, 0.15) is 79.2 Å². The monoisotopic (exact) mass is 1170 g/mol. The molecular formula is C55H67N13O16. The lowest BCUT2D eigenvalue weighted by Crippen LogP contribution is -2.50. The fourth-order valence-electron chi connectivity index (χ4n) is 9.12. The normalized spacial score (nSPS) is 12.5. The van der Waals surface area contributed by atoms with E-state index in [1.807, 2.05) is 48.5 Å². The number of hydrogen-bond acceptors (Lipinski definition) is 16. The maximum atomic E-state index is 13.8. The largest absolute Gasteiger partial charge is 0.465 e. The third-order valence-corrected chi connectivity index (χ3v) is 13.4. The molecule has 0 unspecified atom stereocenters. The Morgan fingerprint density at radius 3 is 1.24 bits per heavy atom. The number of alkyl carbamates (subject to hydrolysis) is 1. The van der Waals surface area contributed by atoms with Crippen LogP contribution in [0.2, 0.25) is 0 Å². The van der Waals surface area contributed by atoms with Crippen LogP contribution in [0.15, 0.2) is 95.9 Å². The van der Waals surface area contributed by atoms with Gasteiger partial charge in [-0.25, -0.2) is 19.2 Å². The topological polar surface area (TPSA) is 404 Å². The van der Waals surface area contributed by atoms with E-state index in [0.29, 0.717) is 0 Å². The maximum absolute atomic E-state index is 13.8. The highest BCUT2D eigenvalue weighted by atomic mass is 16.5. The fourth-order valence-corrected chi connectivity index (χ4v) is 9.12. The summed E-state index contributed by atoms with van der Waals surface area (Å²) in [5.41, 5.74) is -0.0323. The summed E-state index contributed by atoms with van der Waals surface area (Å²) in [6.07, 6.45) is 2.68. The number of benzene rings is 2. The molecule has 0 aliphatic heterocycles. The molecule has 1 aliphatic carbocycles. The average molecular weight is 1170 g/mol. The minimum absolute atomic E-state index is 0.00870. The number of rotatable bonds is 29. The highest BCUT2D eigenvalue weighted by molar-refractivity contribution is 5.90. The molecular weight excluding hydrogens is 1100 g/mol. The van der Waals surface area contributed by atoms with Crippen LogP contribution < -0.4 is 71.0 Å². The van der Waals surface area contributed by atoms with Crippen LogP contribution >= 0.6 is 0 Å². The summed E-state index contributed by atoms with van der Waals surface area (Å²) in [5, 5.41) is 18.1. The molecule has 29 heteroatoms. The number of H-pyrrole nitrogens is 3. The van der Waals surface area contributed by atoms with E-state index in [0.717, 1.165) is 48.3 Å². The number of aromatic nitrogens is 6. The molecule has 0 saturated carbocycles. The number of fused-ring (bicyclic) bond motifs is 3. The summed E-state index contributed by atoms with van der Waals surface area (Å²) < 4.78 is 13.3. The summed E-state index contributed by atoms with van der Waals surface area (Å²) in [4.78, 5) is 185. The minimum atomic E-state index is -1.32. The van der Waals surface area contributed by atoms with Crippen molar-refractivity contribution >= 4 is 47.5 Å². The summed E-state index contributed by atoms with van der Waals surface area (Å²) in [7, 11) is 0. The predicted molar refractivity (Wildman–Crippen MR) is 300 cm³/mol. The molecule has 1 aliphatic rings. The van der Waals surface area contributed by atoms with Crippen LogP contribution in [0.5, 0.6) is 0 Å². The van der Waals surface area contributed by atoms with Crippen molar-refractivity contribution in [2.75, 3.05) is 39.4 Å². The molecule has 5 aromatic rings. The fraction of sp³-hybridized carbons (Fsp3) is 0.418. The van der Waals surface area contributed by atoms with Crippen LogP contribution in [-0.4, -0.2) is 134 Å². The minimum Gasteiger partial charge on any atom is -0.465 e. The van der Waals surface area contributed by atoms with E-state index >= 15 is 0 Å². The van der Waals surface area contributed by atoms with Gasteiger partial charge in [-0.2, -0.15) is 0 Å². The molecule has 0 fully saturated rings. The van der Waals surface area contributed by atoms with Gasteiger partial charge in [-0.1, -0.05) is 48.5 Å². The Labute approximate surface area is 477 Å². The Hall–Kier alpha value is -9.96. The number of aryl methyl sites for hydroxylation is 3. The molecule has 3 atom stereocenters. The number of ether oxygens (including phenoxy) is 2. The van der Waals surface area contributed by atoms with E-state index in [1.165, 1.54) is 27.0 Å². The predicted octanol–water partition coefficient (Wildman–Crippen LogP) is -2.19. The van der Waals surface area contributed by atoms with Crippen molar-refractivity contribution < 1.29 is 47.8 Å². The smallest absolute Gasteiger partial charge is 0.407 e. The number of amides is 7. The van der Waals surface area contributed by atoms with Crippen LogP contribution in [0.4, 0.5) is 4.79 Å². The van der Waals surface area contributed by atoms with Crippen LogP contribution in [-0.2, 0) is 62.7 Å². The molecule has 0 saturated heterocycles. The SMILES string of the molecule is CCOC(=O)CNC(=O)[C@@H](CCCNC(=O)[C@@H](CCCNC(=O)[C@@H](CCCNC(=O)OCC1c2ccccc2-c2ccccc21)NC(=O)Cn1cc(C)c(=O)[nH]c1=O)NC(=O)Cn1cc(C)c(=O)[nH]c1=O)NC(=O)Cn1cc(C)c(=O)[nH]c1=O. The second-order valence-electron chi connectivity index (χ2n) is 19.7. The van der Waals surface area contributed by atoms with Gasteiger partial charge in [-0.15, -0.1) is 0 Å². The first-order valence-electron chi connectivity index (χ1n) is 27.0. The molecule has 29 nitrogen and oxygen atoms in total. The molecule has 84 heavy (non-hydrogen) atoms. The van der Waals surface area contributed by atoms with Gasteiger partial charge >= 0.3 is 29.1 Å². The number of nitrogens with one attached hydrogen (secondary N) is 10. The van der Waals surface area contributed by atoms with Crippen molar-refractivity contribution in [3.05, 3.63) is 157 Å². The quantitative estimate of drug-likeness (QED) is 0.0180. The molecule has 0 spiro atoms. The van der Waals surface area contributed by atoms with Gasteiger partial charge < -0.3 is 46.7 Å². The van der Waals surface area contributed by atoms with E-state index in [9.17, 15) is 67.1 Å².